The van der Waals surface area contributed by atoms with Gasteiger partial charge in [0.2, 0.25) is 0 Å². The van der Waals surface area contributed by atoms with Gasteiger partial charge >= 0.3 is 0 Å². The van der Waals surface area contributed by atoms with Crippen molar-refractivity contribution in [2.75, 3.05) is 13.1 Å². The van der Waals surface area contributed by atoms with Crippen LogP contribution in [-0.4, -0.2) is 13.1 Å². The van der Waals surface area contributed by atoms with E-state index in [1.807, 2.05) is 0 Å². The molecule has 0 aromatic rings. The molecule has 1 heteroatoms. The zero-order valence-corrected chi connectivity index (χ0v) is 9.90. The van der Waals surface area contributed by atoms with E-state index in [-0.39, 0.29) is 0 Å². The van der Waals surface area contributed by atoms with E-state index in [0.717, 1.165) is 18.4 Å². The Morgan fingerprint density at radius 2 is 1.77 bits per heavy atom. The van der Waals surface area contributed by atoms with Crippen LogP contribution in [0.4, 0.5) is 0 Å². The number of hydrogen-bond donors (Lipinski definition) is 1. The van der Waals surface area contributed by atoms with Crippen molar-refractivity contribution in [1.82, 2.24) is 5.32 Å². The first-order valence-electron chi connectivity index (χ1n) is 5.91. The molecule has 0 heterocycles. The topological polar surface area (TPSA) is 12.0 Å². The summed E-state index contributed by atoms with van der Waals surface area (Å²) >= 11 is 0. The lowest BCUT2D eigenvalue weighted by molar-refractivity contribution is 0.356. The minimum atomic E-state index is 0.859. The third kappa shape index (κ3) is 8.29. The van der Waals surface area contributed by atoms with Gasteiger partial charge in [-0.05, 0) is 37.8 Å². The molecule has 0 fully saturated rings. The summed E-state index contributed by atoms with van der Waals surface area (Å²) in [6, 6.07) is 0. The first kappa shape index (κ1) is 13.0. The fourth-order valence-corrected chi connectivity index (χ4v) is 1.94. The highest BCUT2D eigenvalue weighted by Gasteiger charge is 2.08. The molecule has 1 unspecified atom stereocenters. The van der Waals surface area contributed by atoms with Crippen LogP contribution in [0.3, 0.4) is 0 Å². The van der Waals surface area contributed by atoms with Crippen LogP contribution >= 0.6 is 0 Å². The molecule has 0 amide bonds. The predicted molar refractivity (Wildman–Crippen MR) is 61.0 cm³/mol. The molecule has 0 saturated heterocycles. The summed E-state index contributed by atoms with van der Waals surface area (Å²) in [6.45, 7) is 11.4. The highest BCUT2D eigenvalue weighted by atomic mass is 14.8. The highest BCUT2D eigenvalue weighted by molar-refractivity contribution is 4.62. The molecule has 0 aromatic carbocycles. The van der Waals surface area contributed by atoms with Gasteiger partial charge in [-0.1, -0.05) is 40.5 Å². The first-order valence-corrected chi connectivity index (χ1v) is 5.91. The molecule has 1 atom stereocenters. The van der Waals surface area contributed by atoms with Crippen LogP contribution in [0.25, 0.3) is 0 Å². The van der Waals surface area contributed by atoms with Gasteiger partial charge < -0.3 is 5.32 Å². The van der Waals surface area contributed by atoms with Crippen LogP contribution in [0.15, 0.2) is 0 Å². The maximum absolute atomic E-state index is 3.41. The SMILES string of the molecule is CCCC(CCNCC)CC(C)C. The van der Waals surface area contributed by atoms with E-state index < -0.39 is 0 Å². The average molecular weight is 185 g/mol. The lowest BCUT2D eigenvalue weighted by Gasteiger charge is -2.18. The largest absolute Gasteiger partial charge is 0.317 e. The van der Waals surface area contributed by atoms with Crippen molar-refractivity contribution in [2.45, 2.75) is 53.4 Å². The molecule has 0 aliphatic rings. The van der Waals surface area contributed by atoms with Crippen LogP contribution < -0.4 is 5.32 Å². The molecule has 0 spiro atoms. The van der Waals surface area contributed by atoms with Gasteiger partial charge in [-0.25, -0.2) is 0 Å². The summed E-state index contributed by atoms with van der Waals surface area (Å²) in [5.41, 5.74) is 0. The Morgan fingerprint density at radius 1 is 1.08 bits per heavy atom. The molecule has 80 valence electrons. The Hall–Kier alpha value is -0.0400. The zero-order chi connectivity index (χ0) is 10.1. The van der Waals surface area contributed by atoms with Crippen molar-refractivity contribution < 1.29 is 0 Å². The lowest BCUT2D eigenvalue weighted by Crippen LogP contribution is -2.18. The Bertz CT molecular complexity index is 99.3. The van der Waals surface area contributed by atoms with Gasteiger partial charge in [0.25, 0.3) is 0 Å². The van der Waals surface area contributed by atoms with Crippen molar-refractivity contribution in [3.63, 3.8) is 0 Å². The monoisotopic (exact) mass is 185 g/mol. The van der Waals surface area contributed by atoms with Crippen molar-refractivity contribution in [2.24, 2.45) is 11.8 Å². The second-order valence-corrected chi connectivity index (χ2v) is 4.43. The molecule has 1 nitrogen and oxygen atoms in total. The first-order chi connectivity index (χ1) is 6.20. The molecule has 0 bridgehead atoms. The van der Waals surface area contributed by atoms with Crippen molar-refractivity contribution in [3.8, 4) is 0 Å². The summed E-state index contributed by atoms with van der Waals surface area (Å²) in [7, 11) is 0. The Morgan fingerprint density at radius 3 is 2.23 bits per heavy atom. The molecule has 0 aromatic heterocycles. The van der Waals surface area contributed by atoms with Gasteiger partial charge in [0.1, 0.15) is 0 Å². The Balaban J connectivity index is 3.53. The van der Waals surface area contributed by atoms with Crippen molar-refractivity contribution in [1.29, 1.82) is 0 Å². The van der Waals surface area contributed by atoms with Gasteiger partial charge in [-0.3, -0.25) is 0 Å². The summed E-state index contributed by atoms with van der Waals surface area (Å²) < 4.78 is 0. The summed E-state index contributed by atoms with van der Waals surface area (Å²) in [6.07, 6.45) is 5.51. The number of hydrogen-bond acceptors (Lipinski definition) is 1. The molecular weight excluding hydrogens is 158 g/mol. The maximum atomic E-state index is 3.41. The van der Waals surface area contributed by atoms with E-state index in [4.69, 9.17) is 0 Å². The van der Waals surface area contributed by atoms with Gasteiger partial charge in [0.05, 0.1) is 0 Å². The normalized spacial score (nSPS) is 13.6. The molecule has 13 heavy (non-hydrogen) atoms. The minimum Gasteiger partial charge on any atom is -0.317 e. The number of rotatable bonds is 8. The van der Waals surface area contributed by atoms with Crippen LogP contribution in [-0.2, 0) is 0 Å². The summed E-state index contributed by atoms with van der Waals surface area (Å²) in [4.78, 5) is 0. The van der Waals surface area contributed by atoms with E-state index >= 15 is 0 Å². The molecule has 1 N–H and O–H groups in total. The van der Waals surface area contributed by atoms with Crippen LogP contribution in [0.2, 0.25) is 0 Å². The fourth-order valence-electron chi connectivity index (χ4n) is 1.94. The third-order valence-electron chi connectivity index (χ3n) is 2.48. The van der Waals surface area contributed by atoms with Crippen LogP contribution in [0.5, 0.6) is 0 Å². The summed E-state index contributed by atoms with van der Waals surface area (Å²) in [5, 5.41) is 3.41. The van der Waals surface area contributed by atoms with E-state index in [9.17, 15) is 0 Å². The van der Waals surface area contributed by atoms with Gasteiger partial charge in [-0.2, -0.15) is 0 Å². The maximum Gasteiger partial charge on any atom is -0.00464 e. The second kappa shape index (κ2) is 8.55. The highest BCUT2D eigenvalue weighted by Crippen LogP contribution is 2.19. The van der Waals surface area contributed by atoms with Crippen molar-refractivity contribution >= 4 is 0 Å². The fraction of sp³-hybridized carbons (Fsp3) is 1.00. The molecule has 0 rings (SSSR count). The molecular formula is C12H27N. The van der Waals surface area contributed by atoms with Gasteiger partial charge in [0.15, 0.2) is 0 Å². The molecule has 0 aliphatic carbocycles. The molecule has 0 radical (unpaired) electrons. The minimum absolute atomic E-state index is 0.859. The second-order valence-electron chi connectivity index (χ2n) is 4.43. The predicted octanol–water partition coefficient (Wildman–Crippen LogP) is 3.45. The third-order valence-corrected chi connectivity index (χ3v) is 2.48. The molecule has 0 saturated carbocycles. The quantitative estimate of drug-likeness (QED) is 0.571. The van der Waals surface area contributed by atoms with Gasteiger partial charge in [-0.15, -0.1) is 0 Å². The Labute approximate surface area is 84.3 Å². The zero-order valence-electron chi connectivity index (χ0n) is 9.90. The Kier molecular flexibility index (Phi) is 8.53. The number of nitrogens with one attached hydrogen (secondary N) is 1. The summed E-state index contributed by atoms with van der Waals surface area (Å²) in [5.74, 6) is 1.81. The van der Waals surface area contributed by atoms with Crippen molar-refractivity contribution in [3.05, 3.63) is 0 Å². The van der Waals surface area contributed by atoms with Crippen LogP contribution in [0.1, 0.15) is 53.4 Å². The van der Waals surface area contributed by atoms with Crippen LogP contribution in [0, 0.1) is 11.8 Å². The van der Waals surface area contributed by atoms with E-state index in [0.29, 0.717) is 0 Å². The van der Waals surface area contributed by atoms with Gasteiger partial charge in [0, 0.05) is 0 Å². The van der Waals surface area contributed by atoms with E-state index in [2.05, 4.69) is 33.0 Å². The smallest absolute Gasteiger partial charge is 0.00464 e. The van der Waals surface area contributed by atoms with E-state index in [1.54, 1.807) is 0 Å². The molecule has 0 aliphatic heterocycles. The average Bonchev–Trinajstić information content (AvgIpc) is 2.04. The lowest BCUT2D eigenvalue weighted by atomic mass is 9.90. The standard InChI is InChI=1S/C12H27N/c1-5-7-12(10-11(3)4)8-9-13-6-2/h11-13H,5-10H2,1-4H3. The van der Waals surface area contributed by atoms with E-state index in [1.165, 1.54) is 32.2 Å².